The molecule has 0 spiro atoms. The number of aromatic nitrogens is 1. The van der Waals surface area contributed by atoms with Gasteiger partial charge in [0.05, 0.1) is 7.11 Å². The van der Waals surface area contributed by atoms with E-state index in [1.807, 2.05) is 6.92 Å². The number of nitrogens with one attached hydrogen (secondary N) is 2. The van der Waals surface area contributed by atoms with Crippen LogP contribution in [-0.4, -0.2) is 20.5 Å². The number of anilines is 1. The van der Waals surface area contributed by atoms with Crippen LogP contribution < -0.4 is 14.3 Å². The molecule has 0 saturated heterocycles. The number of H-pyrrole nitrogens is 1. The maximum atomic E-state index is 12.2. The second kappa shape index (κ2) is 5.29. The Morgan fingerprint density at radius 3 is 2.50 bits per heavy atom. The summed E-state index contributed by atoms with van der Waals surface area (Å²) in [6.45, 7) is 3.36. The second-order valence-electron chi connectivity index (χ2n) is 4.22. The van der Waals surface area contributed by atoms with Gasteiger partial charge >= 0.3 is 4.87 Å². The molecule has 0 bridgehead atoms. The van der Waals surface area contributed by atoms with Crippen LogP contribution in [0, 0.1) is 13.8 Å². The van der Waals surface area contributed by atoms with Crippen LogP contribution in [0.3, 0.4) is 0 Å². The highest BCUT2D eigenvalue weighted by Gasteiger charge is 2.20. The Morgan fingerprint density at radius 1 is 1.30 bits per heavy atom. The largest absolute Gasteiger partial charge is 0.496 e. The minimum absolute atomic E-state index is 0.00373. The molecule has 0 amide bonds. The van der Waals surface area contributed by atoms with E-state index in [1.54, 1.807) is 32.2 Å². The molecule has 0 aliphatic rings. The van der Waals surface area contributed by atoms with Crippen molar-refractivity contribution >= 4 is 27.0 Å². The van der Waals surface area contributed by atoms with Crippen molar-refractivity contribution in [3.8, 4) is 5.75 Å². The average molecular weight is 314 g/mol. The molecular formula is C12H14N2O4S2. The molecule has 0 saturated carbocycles. The van der Waals surface area contributed by atoms with Crippen LogP contribution in [0.25, 0.3) is 0 Å². The van der Waals surface area contributed by atoms with E-state index in [4.69, 9.17) is 4.74 Å². The van der Waals surface area contributed by atoms with Crippen LogP contribution in [0.1, 0.15) is 11.3 Å². The maximum Gasteiger partial charge on any atom is 0.306 e. The Kier molecular flexibility index (Phi) is 3.87. The number of ether oxygens (including phenoxy) is 1. The lowest BCUT2D eigenvalue weighted by Gasteiger charge is -2.09. The Hall–Kier alpha value is -1.80. The topological polar surface area (TPSA) is 88.3 Å². The minimum Gasteiger partial charge on any atom is -0.496 e. The van der Waals surface area contributed by atoms with Gasteiger partial charge in [-0.15, -0.1) is 0 Å². The van der Waals surface area contributed by atoms with Gasteiger partial charge in [-0.3, -0.25) is 9.52 Å². The molecule has 6 nitrogen and oxygen atoms in total. The van der Waals surface area contributed by atoms with Crippen molar-refractivity contribution in [3.63, 3.8) is 0 Å². The Labute approximate surface area is 120 Å². The van der Waals surface area contributed by atoms with Gasteiger partial charge in [0.1, 0.15) is 5.75 Å². The zero-order chi connectivity index (χ0) is 14.9. The van der Waals surface area contributed by atoms with E-state index < -0.39 is 14.9 Å². The molecule has 0 aliphatic heterocycles. The van der Waals surface area contributed by atoms with Gasteiger partial charge in [-0.25, -0.2) is 8.42 Å². The number of thiazole rings is 1. The highest BCUT2D eigenvalue weighted by molar-refractivity contribution is 7.94. The zero-order valence-corrected chi connectivity index (χ0v) is 12.8. The number of rotatable bonds is 4. The summed E-state index contributed by atoms with van der Waals surface area (Å²) in [7, 11) is -2.21. The summed E-state index contributed by atoms with van der Waals surface area (Å²) in [5.41, 5.74) is 1.56. The van der Waals surface area contributed by atoms with Gasteiger partial charge in [0.15, 0.2) is 4.21 Å². The molecule has 0 unspecified atom stereocenters. The van der Waals surface area contributed by atoms with Gasteiger partial charge in [-0.05, 0) is 37.6 Å². The van der Waals surface area contributed by atoms with E-state index in [1.165, 1.54) is 0 Å². The van der Waals surface area contributed by atoms with Crippen molar-refractivity contribution in [2.45, 2.75) is 18.1 Å². The molecular weight excluding hydrogens is 300 g/mol. The third-order valence-corrected chi connectivity index (χ3v) is 5.66. The van der Waals surface area contributed by atoms with Crippen LogP contribution >= 0.6 is 11.3 Å². The van der Waals surface area contributed by atoms with Crippen LogP contribution in [0.2, 0.25) is 0 Å². The molecule has 1 aromatic heterocycles. The number of benzene rings is 1. The number of aryl methyl sites for hydroxylation is 2. The first-order chi connectivity index (χ1) is 9.33. The van der Waals surface area contributed by atoms with E-state index >= 15 is 0 Å². The summed E-state index contributed by atoms with van der Waals surface area (Å²) < 4.78 is 32.0. The summed E-state index contributed by atoms with van der Waals surface area (Å²) in [6.07, 6.45) is 0. The van der Waals surface area contributed by atoms with Crippen molar-refractivity contribution in [2.24, 2.45) is 0 Å². The molecule has 2 rings (SSSR count). The van der Waals surface area contributed by atoms with Gasteiger partial charge in [-0.2, -0.15) is 0 Å². The first-order valence-corrected chi connectivity index (χ1v) is 8.00. The molecule has 108 valence electrons. The summed E-state index contributed by atoms with van der Waals surface area (Å²) >= 11 is 0.666. The van der Waals surface area contributed by atoms with Crippen LogP contribution in [0.15, 0.2) is 27.2 Å². The average Bonchev–Trinajstić information content (AvgIpc) is 2.69. The molecule has 2 aromatic rings. The highest BCUT2D eigenvalue weighted by Crippen LogP contribution is 2.25. The Morgan fingerprint density at radius 2 is 2.00 bits per heavy atom. The van der Waals surface area contributed by atoms with E-state index in [9.17, 15) is 13.2 Å². The number of sulfonamides is 1. The number of aromatic amines is 1. The minimum atomic E-state index is -3.76. The first kappa shape index (κ1) is 14.6. The number of methoxy groups -OCH3 is 1. The fraction of sp³-hybridized carbons (Fsp3) is 0.250. The molecule has 20 heavy (non-hydrogen) atoms. The molecule has 2 N–H and O–H groups in total. The van der Waals surface area contributed by atoms with Gasteiger partial charge < -0.3 is 9.72 Å². The first-order valence-electron chi connectivity index (χ1n) is 5.70. The maximum absolute atomic E-state index is 12.2. The molecule has 8 heteroatoms. The molecule has 1 heterocycles. The van der Waals surface area contributed by atoms with Crippen molar-refractivity contribution in [2.75, 3.05) is 11.8 Å². The van der Waals surface area contributed by atoms with Crippen molar-refractivity contribution in [1.82, 2.24) is 4.98 Å². The lowest BCUT2D eigenvalue weighted by atomic mass is 10.2. The van der Waals surface area contributed by atoms with Crippen molar-refractivity contribution < 1.29 is 13.2 Å². The van der Waals surface area contributed by atoms with Crippen molar-refractivity contribution in [1.29, 1.82) is 0 Å². The lowest BCUT2D eigenvalue weighted by Crippen LogP contribution is -2.12. The van der Waals surface area contributed by atoms with Crippen molar-refractivity contribution in [3.05, 3.63) is 39.1 Å². The van der Waals surface area contributed by atoms with Gasteiger partial charge in [0.25, 0.3) is 10.0 Å². The third-order valence-electron chi connectivity index (χ3n) is 2.67. The molecule has 0 atom stereocenters. The fourth-order valence-electron chi connectivity index (χ4n) is 1.79. The quantitative estimate of drug-likeness (QED) is 0.901. The van der Waals surface area contributed by atoms with E-state index in [2.05, 4.69) is 9.71 Å². The summed E-state index contributed by atoms with van der Waals surface area (Å²) in [5, 5.41) is 0. The Bertz CT molecular complexity index is 790. The molecule has 1 aromatic carbocycles. The Balaban J connectivity index is 2.36. The lowest BCUT2D eigenvalue weighted by molar-refractivity contribution is 0.412. The number of hydrogen-bond donors (Lipinski definition) is 2. The van der Waals surface area contributed by atoms with Gasteiger partial charge in [0.2, 0.25) is 0 Å². The zero-order valence-electron chi connectivity index (χ0n) is 11.2. The smallest absolute Gasteiger partial charge is 0.306 e. The van der Waals surface area contributed by atoms with Gasteiger partial charge in [0, 0.05) is 11.4 Å². The van der Waals surface area contributed by atoms with Crippen LogP contribution in [0.4, 0.5) is 5.69 Å². The van der Waals surface area contributed by atoms with E-state index in [0.29, 0.717) is 28.5 Å². The molecule has 0 fully saturated rings. The predicted molar refractivity (Wildman–Crippen MR) is 78.2 cm³/mol. The standard InChI is InChI=1S/C12H14N2O4S2/c1-7-6-9(4-5-10(7)18-3)14-20(16,17)11-8(2)13-12(15)19-11/h4-6,14H,1-3H3,(H,13,15). The number of hydrogen-bond acceptors (Lipinski definition) is 5. The van der Waals surface area contributed by atoms with Crippen LogP contribution in [0.5, 0.6) is 5.75 Å². The monoisotopic (exact) mass is 314 g/mol. The van der Waals surface area contributed by atoms with E-state index in [-0.39, 0.29) is 4.21 Å². The molecule has 0 radical (unpaired) electrons. The summed E-state index contributed by atoms with van der Waals surface area (Å²) in [5.74, 6) is 0.676. The van der Waals surface area contributed by atoms with Gasteiger partial charge in [-0.1, -0.05) is 11.3 Å². The SMILES string of the molecule is COc1ccc(NS(=O)(=O)c2sc(=O)[nH]c2C)cc1C. The predicted octanol–water partition coefficient (Wildman–Crippen LogP) is 1.86. The van der Waals surface area contributed by atoms with Crippen LogP contribution in [-0.2, 0) is 10.0 Å². The second-order valence-corrected chi connectivity index (χ2v) is 7.08. The van der Waals surface area contributed by atoms with E-state index in [0.717, 1.165) is 5.56 Å². The summed E-state index contributed by atoms with van der Waals surface area (Å²) in [4.78, 5) is 13.3. The highest BCUT2D eigenvalue weighted by atomic mass is 32.2. The summed E-state index contributed by atoms with van der Waals surface area (Å²) in [6, 6.07) is 4.95. The molecule has 0 aliphatic carbocycles. The third kappa shape index (κ3) is 2.86. The normalized spacial score (nSPS) is 11.3. The fourth-order valence-corrected chi connectivity index (χ4v) is 4.14.